The maximum atomic E-state index is 10.4. The normalized spacial score (nSPS) is 20.2. The number of hydrogen-bond donors (Lipinski definition) is 0. The molecule has 1 atom stereocenters. The smallest absolute Gasteiger partial charge is 0.371 e. The highest BCUT2D eigenvalue weighted by Gasteiger charge is 2.27. The average molecular weight is 248 g/mol. The van der Waals surface area contributed by atoms with Gasteiger partial charge in [0.15, 0.2) is 0 Å². The quantitative estimate of drug-likeness (QED) is 0.453. The van der Waals surface area contributed by atoms with Crippen LogP contribution in [0.3, 0.4) is 0 Å². The fourth-order valence-corrected chi connectivity index (χ4v) is 1.45. The van der Waals surface area contributed by atoms with Crippen LogP contribution in [-0.2, 0) is 11.3 Å². The van der Waals surface area contributed by atoms with Crippen molar-refractivity contribution in [2.24, 2.45) is 0 Å². The van der Waals surface area contributed by atoms with Crippen molar-refractivity contribution in [2.45, 2.75) is 12.6 Å². The topological polar surface area (TPSA) is 73.5 Å². The zero-order valence-corrected chi connectivity index (χ0v) is 8.10. The van der Waals surface area contributed by atoms with Gasteiger partial charge in [-0.3, -0.25) is 0 Å². The van der Waals surface area contributed by atoms with Crippen molar-refractivity contribution < 1.29 is 9.66 Å². The lowest BCUT2D eigenvalue weighted by atomic mass is 10.5. The second kappa shape index (κ2) is 3.08. The number of ether oxygens (including phenoxy) is 1. The van der Waals surface area contributed by atoms with Gasteiger partial charge in [-0.1, -0.05) is 0 Å². The molecule has 2 heterocycles. The number of aromatic nitrogens is 2. The van der Waals surface area contributed by atoms with Gasteiger partial charge < -0.3 is 14.9 Å². The van der Waals surface area contributed by atoms with Crippen molar-refractivity contribution in [3.8, 4) is 0 Å². The molecule has 6 nitrogen and oxygen atoms in total. The van der Waals surface area contributed by atoms with Gasteiger partial charge in [0.05, 0.1) is 24.4 Å². The number of nitro groups is 1. The molecule has 13 heavy (non-hydrogen) atoms. The standard InChI is InChI=1S/C6H6BrN3O3/c7-5-2-9(1-4-3-13-4)8-6(5)10(11)12/h2,4H,1,3H2/t4-/m1/s1. The highest BCUT2D eigenvalue weighted by molar-refractivity contribution is 9.10. The molecule has 1 aliphatic heterocycles. The second-order valence-corrected chi connectivity index (χ2v) is 3.59. The largest absolute Gasteiger partial charge is 0.404 e. The summed E-state index contributed by atoms with van der Waals surface area (Å²) in [4.78, 5) is 9.89. The number of halogens is 1. The van der Waals surface area contributed by atoms with Crippen molar-refractivity contribution in [2.75, 3.05) is 6.61 Å². The van der Waals surface area contributed by atoms with Crippen LogP contribution in [0, 0.1) is 10.1 Å². The molecule has 2 rings (SSSR count). The average Bonchev–Trinajstić information content (AvgIpc) is 2.75. The Hall–Kier alpha value is -0.950. The first-order valence-electron chi connectivity index (χ1n) is 3.66. The zero-order chi connectivity index (χ0) is 9.42. The van der Waals surface area contributed by atoms with Crippen LogP contribution in [0.4, 0.5) is 5.82 Å². The maximum Gasteiger partial charge on any atom is 0.404 e. The SMILES string of the molecule is O=[N+]([O-])c1nn(C[C@@H]2CO2)cc1Br. The summed E-state index contributed by atoms with van der Waals surface area (Å²) in [6, 6.07) is 0. The molecule has 0 radical (unpaired) electrons. The summed E-state index contributed by atoms with van der Waals surface area (Å²) in [6.07, 6.45) is 1.76. The molecule has 0 saturated carbocycles. The van der Waals surface area contributed by atoms with E-state index >= 15 is 0 Å². The first-order valence-corrected chi connectivity index (χ1v) is 4.45. The van der Waals surface area contributed by atoms with Crippen molar-refractivity contribution >= 4 is 21.7 Å². The van der Waals surface area contributed by atoms with E-state index in [0.717, 1.165) is 0 Å². The van der Waals surface area contributed by atoms with Crippen molar-refractivity contribution in [3.63, 3.8) is 0 Å². The van der Waals surface area contributed by atoms with Crippen LogP contribution in [-0.4, -0.2) is 27.4 Å². The lowest BCUT2D eigenvalue weighted by Crippen LogP contribution is -2.04. The Balaban J connectivity index is 2.18. The molecule has 1 aromatic heterocycles. The van der Waals surface area contributed by atoms with Gasteiger partial charge in [0.2, 0.25) is 0 Å². The van der Waals surface area contributed by atoms with Crippen LogP contribution in [0.2, 0.25) is 0 Å². The van der Waals surface area contributed by atoms with Gasteiger partial charge in [-0.25, -0.2) is 0 Å². The van der Waals surface area contributed by atoms with E-state index in [1.807, 2.05) is 0 Å². The summed E-state index contributed by atoms with van der Waals surface area (Å²) in [5.41, 5.74) is 0. The fourth-order valence-electron chi connectivity index (χ4n) is 0.986. The third-order valence-electron chi connectivity index (χ3n) is 1.67. The summed E-state index contributed by atoms with van der Waals surface area (Å²) in [6.45, 7) is 1.29. The molecule has 0 N–H and O–H groups in total. The predicted molar refractivity (Wildman–Crippen MR) is 46.3 cm³/mol. The Kier molecular flexibility index (Phi) is 2.04. The van der Waals surface area contributed by atoms with E-state index in [0.29, 0.717) is 17.6 Å². The maximum absolute atomic E-state index is 10.4. The van der Waals surface area contributed by atoms with Gasteiger partial charge in [-0.2, -0.15) is 4.68 Å². The molecule has 0 unspecified atom stereocenters. The van der Waals surface area contributed by atoms with Gasteiger partial charge >= 0.3 is 5.82 Å². The van der Waals surface area contributed by atoms with Crippen molar-refractivity contribution in [1.29, 1.82) is 0 Å². The minimum Gasteiger partial charge on any atom is -0.371 e. The molecule has 0 aliphatic carbocycles. The van der Waals surface area contributed by atoms with E-state index in [1.54, 1.807) is 6.20 Å². The van der Waals surface area contributed by atoms with Crippen LogP contribution >= 0.6 is 15.9 Å². The first-order chi connectivity index (χ1) is 6.16. The minimum atomic E-state index is -0.520. The molecule has 1 fully saturated rings. The first kappa shape index (κ1) is 8.64. The molecule has 1 aromatic rings. The van der Waals surface area contributed by atoms with Gasteiger partial charge in [0.1, 0.15) is 10.6 Å². The van der Waals surface area contributed by atoms with Crippen LogP contribution in [0.5, 0.6) is 0 Å². The van der Waals surface area contributed by atoms with E-state index in [-0.39, 0.29) is 11.9 Å². The Morgan fingerprint density at radius 2 is 2.62 bits per heavy atom. The predicted octanol–water partition coefficient (Wildman–Crippen LogP) is 0.953. The summed E-state index contributed by atoms with van der Waals surface area (Å²) < 4.78 is 6.89. The van der Waals surface area contributed by atoms with Crippen LogP contribution in [0.15, 0.2) is 10.7 Å². The number of rotatable bonds is 3. The molecular weight excluding hydrogens is 242 g/mol. The summed E-state index contributed by atoms with van der Waals surface area (Å²) in [5.74, 6) is -0.152. The number of nitrogens with zero attached hydrogens (tertiary/aromatic N) is 3. The Morgan fingerprint density at radius 1 is 1.92 bits per heavy atom. The van der Waals surface area contributed by atoms with Crippen molar-refractivity contribution in [1.82, 2.24) is 9.78 Å². The third-order valence-corrected chi connectivity index (χ3v) is 2.22. The van der Waals surface area contributed by atoms with E-state index < -0.39 is 4.92 Å². The molecule has 1 saturated heterocycles. The highest BCUT2D eigenvalue weighted by atomic mass is 79.9. The van der Waals surface area contributed by atoms with E-state index in [2.05, 4.69) is 21.0 Å². The second-order valence-electron chi connectivity index (χ2n) is 2.74. The van der Waals surface area contributed by atoms with E-state index in [4.69, 9.17) is 4.74 Å². The lowest BCUT2D eigenvalue weighted by molar-refractivity contribution is -0.390. The number of epoxide rings is 1. The van der Waals surface area contributed by atoms with E-state index in [1.165, 1.54) is 4.68 Å². The Morgan fingerprint density at radius 3 is 3.08 bits per heavy atom. The Labute approximate surface area is 81.8 Å². The van der Waals surface area contributed by atoms with E-state index in [9.17, 15) is 10.1 Å². The molecule has 0 bridgehead atoms. The molecule has 7 heteroatoms. The molecule has 1 aliphatic rings. The molecule has 0 amide bonds. The highest BCUT2D eigenvalue weighted by Crippen LogP contribution is 2.23. The van der Waals surface area contributed by atoms with Crippen LogP contribution < -0.4 is 0 Å². The molecule has 0 spiro atoms. The van der Waals surface area contributed by atoms with Crippen LogP contribution in [0.25, 0.3) is 0 Å². The van der Waals surface area contributed by atoms with Gasteiger partial charge in [-0.05, 0) is 20.9 Å². The van der Waals surface area contributed by atoms with Crippen molar-refractivity contribution in [3.05, 3.63) is 20.8 Å². The molecule has 0 aromatic carbocycles. The fraction of sp³-hybridized carbons (Fsp3) is 0.500. The lowest BCUT2D eigenvalue weighted by Gasteiger charge is -1.88. The summed E-state index contributed by atoms with van der Waals surface area (Å²) >= 11 is 3.06. The van der Waals surface area contributed by atoms with Gasteiger partial charge in [-0.15, -0.1) is 0 Å². The minimum absolute atomic E-state index is 0.152. The molecule has 70 valence electrons. The van der Waals surface area contributed by atoms with Crippen LogP contribution in [0.1, 0.15) is 0 Å². The summed E-state index contributed by atoms with van der Waals surface area (Å²) in [5, 5.41) is 14.2. The zero-order valence-electron chi connectivity index (χ0n) is 6.51. The third kappa shape index (κ3) is 1.86. The van der Waals surface area contributed by atoms with Gasteiger partial charge in [0.25, 0.3) is 0 Å². The monoisotopic (exact) mass is 247 g/mol. The Bertz CT molecular complexity index is 347. The molecular formula is C6H6BrN3O3. The summed E-state index contributed by atoms with van der Waals surface area (Å²) in [7, 11) is 0. The number of hydrogen-bond acceptors (Lipinski definition) is 4. The van der Waals surface area contributed by atoms with Gasteiger partial charge in [0, 0.05) is 0 Å².